The molecule has 1 aliphatic rings. The molecule has 10 heteroatoms. The van der Waals surface area contributed by atoms with E-state index < -0.39 is 0 Å². The lowest BCUT2D eigenvalue weighted by molar-refractivity contribution is -0.123. The van der Waals surface area contributed by atoms with E-state index in [1.807, 2.05) is 32.0 Å². The molecule has 31 heavy (non-hydrogen) atoms. The molecule has 3 heterocycles. The molecule has 2 aromatic heterocycles. The van der Waals surface area contributed by atoms with Gasteiger partial charge >= 0.3 is 0 Å². The molecule has 164 valence electrons. The Hall–Kier alpha value is -3.11. The van der Waals surface area contributed by atoms with Crippen LogP contribution in [0.3, 0.4) is 0 Å². The first-order chi connectivity index (χ1) is 15.0. The highest BCUT2D eigenvalue weighted by molar-refractivity contribution is 5.83. The minimum absolute atomic E-state index is 0.0502. The predicted octanol–water partition coefficient (Wildman–Crippen LogP) is 0.670. The van der Waals surface area contributed by atoms with Crippen molar-refractivity contribution in [1.82, 2.24) is 35.6 Å². The van der Waals surface area contributed by atoms with Crippen molar-refractivity contribution < 1.29 is 9.90 Å². The largest absolute Gasteiger partial charge is 0.394 e. The molecule has 1 saturated heterocycles. The molecule has 1 amide bonds. The normalized spacial score (nSPS) is 16.1. The number of fused-ring (bicyclic) bond motifs is 1. The maximum absolute atomic E-state index is 12.3. The summed E-state index contributed by atoms with van der Waals surface area (Å²) in [4.78, 5) is 21.2. The van der Waals surface area contributed by atoms with Gasteiger partial charge in [-0.15, -0.1) is 5.10 Å². The molecule has 3 aromatic rings. The van der Waals surface area contributed by atoms with E-state index in [4.69, 9.17) is 4.98 Å². The van der Waals surface area contributed by atoms with Crippen molar-refractivity contribution in [2.75, 3.05) is 44.2 Å². The lowest BCUT2D eigenvalue weighted by Crippen LogP contribution is -2.52. The average Bonchev–Trinajstić information content (AvgIpc) is 3.26. The number of aliphatic hydroxyl groups is 1. The number of H-pyrrole nitrogens is 1. The minimum Gasteiger partial charge on any atom is -0.394 e. The number of aliphatic hydroxyl groups excluding tert-OH is 1. The highest BCUT2D eigenvalue weighted by Gasteiger charge is 2.23. The molecule has 0 spiro atoms. The van der Waals surface area contributed by atoms with Gasteiger partial charge in [0.1, 0.15) is 0 Å². The quantitative estimate of drug-likeness (QED) is 0.506. The summed E-state index contributed by atoms with van der Waals surface area (Å²) < 4.78 is 0. The molecule has 4 rings (SSSR count). The average molecular weight is 425 g/mol. The van der Waals surface area contributed by atoms with Gasteiger partial charge in [-0.2, -0.15) is 10.2 Å². The Balaban J connectivity index is 1.36. The van der Waals surface area contributed by atoms with E-state index in [1.165, 1.54) is 0 Å². The van der Waals surface area contributed by atoms with Crippen molar-refractivity contribution in [1.29, 1.82) is 0 Å². The lowest BCUT2D eigenvalue weighted by Gasteiger charge is -2.34. The fourth-order valence-corrected chi connectivity index (χ4v) is 3.65. The number of carbonyl (C=O) groups is 1. The second-order valence-corrected chi connectivity index (χ2v) is 8.18. The van der Waals surface area contributed by atoms with E-state index in [-0.39, 0.29) is 24.5 Å². The van der Waals surface area contributed by atoms with Crippen molar-refractivity contribution in [2.45, 2.75) is 19.9 Å². The summed E-state index contributed by atoms with van der Waals surface area (Å²) in [5, 5.41) is 28.7. The van der Waals surface area contributed by atoms with Crippen LogP contribution in [0.5, 0.6) is 0 Å². The Labute approximate surface area is 180 Å². The number of piperazine rings is 1. The molecule has 1 fully saturated rings. The summed E-state index contributed by atoms with van der Waals surface area (Å²) in [5.74, 6) is 0.724. The number of carbonyl (C=O) groups excluding carboxylic acids is 1. The Bertz CT molecular complexity index is 1030. The van der Waals surface area contributed by atoms with Gasteiger partial charge in [0.25, 0.3) is 0 Å². The van der Waals surface area contributed by atoms with Gasteiger partial charge in [-0.1, -0.05) is 19.9 Å². The van der Waals surface area contributed by atoms with Crippen molar-refractivity contribution in [3.63, 3.8) is 0 Å². The van der Waals surface area contributed by atoms with Crippen molar-refractivity contribution in [3.05, 3.63) is 30.6 Å². The van der Waals surface area contributed by atoms with E-state index in [9.17, 15) is 9.90 Å². The van der Waals surface area contributed by atoms with Crippen LogP contribution in [0, 0.1) is 5.92 Å². The zero-order valence-electron chi connectivity index (χ0n) is 17.8. The summed E-state index contributed by atoms with van der Waals surface area (Å²) in [6.07, 6.45) is 3.45. The first-order valence-electron chi connectivity index (χ1n) is 10.5. The first-order valence-corrected chi connectivity index (χ1v) is 10.5. The Morgan fingerprint density at radius 2 is 2.03 bits per heavy atom. The molecular weight excluding hydrogens is 396 g/mol. The van der Waals surface area contributed by atoms with Gasteiger partial charge in [0.05, 0.1) is 42.8 Å². The van der Waals surface area contributed by atoms with Gasteiger partial charge in [0.15, 0.2) is 0 Å². The molecule has 1 aromatic carbocycles. The standard InChI is InChI=1S/C21H28N8O2/c1-14(2)19(13-30)24-20(31)12-28-5-7-29(8-6-28)21-25-18(11-23-27-21)15-3-4-17-16(9-15)10-22-26-17/h3-4,9-11,14,19,30H,5-8,12-13H2,1-2H3,(H,22,26)(H,24,31). The molecule has 0 bridgehead atoms. The number of anilines is 1. The van der Waals surface area contributed by atoms with E-state index in [1.54, 1.807) is 12.4 Å². The number of aromatic nitrogens is 5. The number of aromatic amines is 1. The second kappa shape index (κ2) is 9.36. The van der Waals surface area contributed by atoms with Crippen LogP contribution >= 0.6 is 0 Å². The van der Waals surface area contributed by atoms with Crippen molar-refractivity contribution >= 4 is 22.8 Å². The van der Waals surface area contributed by atoms with Crippen molar-refractivity contribution in [3.8, 4) is 11.3 Å². The smallest absolute Gasteiger partial charge is 0.245 e. The van der Waals surface area contributed by atoms with Crippen LogP contribution in [-0.2, 0) is 4.79 Å². The summed E-state index contributed by atoms with van der Waals surface area (Å²) in [6, 6.07) is 5.78. The molecule has 0 aliphatic carbocycles. The number of hydrogen-bond donors (Lipinski definition) is 3. The van der Waals surface area contributed by atoms with Gasteiger partial charge in [-0.3, -0.25) is 14.8 Å². The van der Waals surface area contributed by atoms with Crippen LogP contribution in [0.15, 0.2) is 30.6 Å². The predicted molar refractivity (Wildman–Crippen MR) is 117 cm³/mol. The number of amides is 1. The molecule has 10 nitrogen and oxygen atoms in total. The Kier molecular flexibility index (Phi) is 6.38. The molecule has 1 atom stereocenters. The van der Waals surface area contributed by atoms with Gasteiger partial charge in [-0.05, 0) is 18.1 Å². The van der Waals surface area contributed by atoms with Gasteiger partial charge in [-0.25, -0.2) is 4.98 Å². The number of nitrogens with zero attached hydrogens (tertiary/aromatic N) is 6. The molecular formula is C21H28N8O2. The number of rotatable bonds is 7. The first kappa shape index (κ1) is 21.1. The molecule has 1 unspecified atom stereocenters. The molecule has 0 saturated carbocycles. The van der Waals surface area contributed by atoms with Gasteiger partial charge in [0.2, 0.25) is 11.9 Å². The second-order valence-electron chi connectivity index (χ2n) is 8.18. The molecule has 1 aliphatic heterocycles. The van der Waals surface area contributed by atoms with Crippen LogP contribution in [-0.4, -0.2) is 86.7 Å². The van der Waals surface area contributed by atoms with Crippen LogP contribution in [0.25, 0.3) is 22.2 Å². The zero-order chi connectivity index (χ0) is 21.8. The third-order valence-electron chi connectivity index (χ3n) is 5.65. The van der Waals surface area contributed by atoms with Crippen LogP contribution in [0.2, 0.25) is 0 Å². The van der Waals surface area contributed by atoms with E-state index >= 15 is 0 Å². The zero-order valence-corrected chi connectivity index (χ0v) is 17.8. The van der Waals surface area contributed by atoms with Crippen molar-refractivity contribution in [2.24, 2.45) is 5.92 Å². The highest BCUT2D eigenvalue weighted by atomic mass is 16.3. The van der Waals surface area contributed by atoms with E-state index in [0.717, 1.165) is 35.2 Å². The minimum atomic E-state index is -0.211. The summed E-state index contributed by atoms with van der Waals surface area (Å²) in [5.41, 5.74) is 2.70. The number of nitrogens with one attached hydrogen (secondary N) is 2. The maximum Gasteiger partial charge on any atom is 0.245 e. The van der Waals surface area contributed by atoms with Gasteiger partial charge < -0.3 is 15.3 Å². The molecule has 0 radical (unpaired) electrons. The summed E-state index contributed by atoms with van der Waals surface area (Å²) in [7, 11) is 0. The van der Waals surface area contributed by atoms with E-state index in [0.29, 0.717) is 25.6 Å². The Morgan fingerprint density at radius 1 is 1.23 bits per heavy atom. The van der Waals surface area contributed by atoms with Crippen LogP contribution in [0.1, 0.15) is 13.8 Å². The van der Waals surface area contributed by atoms with Gasteiger partial charge in [0, 0.05) is 37.1 Å². The van der Waals surface area contributed by atoms with Crippen LogP contribution in [0.4, 0.5) is 5.95 Å². The fraction of sp³-hybridized carbons (Fsp3) is 0.476. The SMILES string of the molecule is CC(C)C(CO)NC(=O)CN1CCN(c2nncc(-c3ccc4[nH]ncc4c3)n2)CC1. The maximum atomic E-state index is 12.3. The lowest BCUT2D eigenvalue weighted by atomic mass is 10.1. The van der Waals surface area contributed by atoms with Crippen LogP contribution < -0.4 is 10.2 Å². The Morgan fingerprint density at radius 3 is 2.77 bits per heavy atom. The summed E-state index contributed by atoms with van der Waals surface area (Å²) >= 11 is 0. The van der Waals surface area contributed by atoms with E-state index in [2.05, 4.69) is 35.5 Å². The third-order valence-corrected chi connectivity index (χ3v) is 5.65. The topological polar surface area (TPSA) is 123 Å². The molecule has 3 N–H and O–H groups in total. The highest BCUT2D eigenvalue weighted by Crippen LogP contribution is 2.22. The monoisotopic (exact) mass is 424 g/mol. The number of benzene rings is 1. The summed E-state index contributed by atoms with van der Waals surface area (Å²) in [6.45, 7) is 7.12. The third kappa shape index (κ3) is 4.97. The fourth-order valence-electron chi connectivity index (χ4n) is 3.65. The number of hydrogen-bond acceptors (Lipinski definition) is 8.